The van der Waals surface area contributed by atoms with E-state index in [0.29, 0.717) is 19.0 Å². The standard InChI is InChI=1S/C29H28N6O/c1-2-36-24-10-6-9-22(18-24)26-27-25(13-16-32-26)29(35-28(34-27)21-11-14-31-15-12-21)33-19-23(30)17-20-7-4-3-5-8-20/h3-16,18,23H,2,17,19,30H2,1H3,(H,33,34,35)/t23-/m0/s1. The molecule has 0 saturated heterocycles. The molecular formula is C29H28N6O. The first-order chi connectivity index (χ1) is 17.7. The quantitative estimate of drug-likeness (QED) is 0.304. The third-order valence-corrected chi connectivity index (χ3v) is 5.84. The molecule has 36 heavy (non-hydrogen) atoms. The Balaban J connectivity index is 1.55. The number of aromatic nitrogens is 4. The van der Waals surface area contributed by atoms with Crippen molar-refractivity contribution in [1.82, 2.24) is 19.9 Å². The number of rotatable bonds is 9. The molecule has 5 rings (SSSR count). The third-order valence-electron chi connectivity index (χ3n) is 5.84. The lowest BCUT2D eigenvalue weighted by Gasteiger charge is -2.16. The van der Waals surface area contributed by atoms with E-state index in [1.54, 1.807) is 18.6 Å². The van der Waals surface area contributed by atoms with Crippen molar-refractivity contribution in [3.63, 3.8) is 0 Å². The van der Waals surface area contributed by atoms with Crippen LogP contribution in [0.25, 0.3) is 33.5 Å². The van der Waals surface area contributed by atoms with Gasteiger partial charge in [0.2, 0.25) is 0 Å². The maximum Gasteiger partial charge on any atom is 0.162 e. The van der Waals surface area contributed by atoms with Gasteiger partial charge in [0.05, 0.1) is 12.3 Å². The van der Waals surface area contributed by atoms with Crippen molar-refractivity contribution in [3.8, 4) is 28.4 Å². The fourth-order valence-corrected chi connectivity index (χ4v) is 4.15. The summed E-state index contributed by atoms with van der Waals surface area (Å²) in [4.78, 5) is 18.6. The number of benzene rings is 2. The molecule has 5 aromatic rings. The molecule has 0 aliphatic heterocycles. The highest BCUT2D eigenvalue weighted by Gasteiger charge is 2.16. The third kappa shape index (κ3) is 5.31. The lowest BCUT2D eigenvalue weighted by molar-refractivity contribution is 0.340. The van der Waals surface area contributed by atoms with Crippen LogP contribution >= 0.6 is 0 Å². The van der Waals surface area contributed by atoms with Crippen LogP contribution in [-0.4, -0.2) is 39.1 Å². The number of fused-ring (bicyclic) bond motifs is 1. The van der Waals surface area contributed by atoms with Gasteiger partial charge in [-0.25, -0.2) is 9.97 Å². The molecule has 3 N–H and O–H groups in total. The molecule has 0 unspecified atom stereocenters. The Morgan fingerprint density at radius 1 is 0.889 bits per heavy atom. The van der Waals surface area contributed by atoms with Crippen molar-refractivity contribution in [2.24, 2.45) is 5.73 Å². The van der Waals surface area contributed by atoms with Gasteiger partial charge in [0, 0.05) is 47.7 Å². The molecule has 7 heteroatoms. The van der Waals surface area contributed by atoms with Gasteiger partial charge in [-0.3, -0.25) is 9.97 Å². The van der Waals surface area contributed by atoms with Gasteiger partial charge < -0.3 is 15.8 Å². The van der Waals surface area contributed by atoms with Crippen molar-refractivity contribution < 1.29 is 4.74 Å². The molecule has 0 saturated carbocycles. The van der Waals surface area contributed by atoms with Gasteiger partial charge in [-0.15, -0.1) is 0 Å². The second-order valence-electron chi connectivity index (χ2n) is 8.48. The molecule has 3 heterocycles. The fraction of sp³-hybridized carbons (Fsp3) is 0.172. The van der Waals surface area contributed by atoms with Gasteiger partial charge in [0.15, 0.2) is 5.82 Å². The van der Waals surface area contributed by atoms with Crippen LogP contribution in [0.5, 0.6) is 5.75 Å². The summed E-state index contributed by atoms with van der Waals surface area (Å²) in [6.07, 6.45) is 6.03. The molecule has 7 nitrogen and oxygen atoms in total. The molecule has 2 aromatic carbocycles. The Morgan fingerprint density at radius 3 is 2.53 bits per heavy atom. The molecule has 0 bridgehead atoms. The normalized spacial score (nSPS) is 11.8. The largest absolute Gasteiger partial charge is 0.494 e. The molecule has 0 fully saturated rings. The molecule has 180 valence electrons. The SMILES string of the molecule is CCOc1cccc(-c2nccc3c(NC[C@@H](N)Cc4ccccc4)nc(-c4ccncc4)nc23)c1. The van der Waals surface area contributed by atoms with Crippen molar-refractivity contribution in [1.29, 1.82) is 0 Å². The van der Waals surface area contributed by atoms with Crippen LogP contribution in [0.15, 0.2) is 91.4 Å². The first kappa shape index (κ1) is 23.4. The average Bonchev–Trinajstić information content (AvgIpc) is 2.92. The molecular weight excluding hydrogens is 448 g/mol. The molecule has 0 amide bonds. The summed E-state index contributed by atoms with van der Waals surface area (Å²) in [6.45, 7) is 3.13. The van der Waals surface area contributed by atoms with Crippen molar-refractivity contribution in [2.45, 2.75) is 19.4 Å². The first-order valence-corrected chi connectivity index (χ1v) is 12.0. The Hall–Kier alpha value is -4.36. The van der Waals surface area contributed by atoms with E-state index in [9.17, 15) is 0 Å². The number of nitrogens with one attached hydrogen (secondary N) is 1. The zero-order chi connectivity index (χ0) is 24.7. The summed E-state index contributed by atoms with van der Waals surface area (Å²) < 4.78 is 5.72. The van der Waals surface area contributed by atoms with Crippen molar-refractivity contribution >= 4 is 16.7 Å². The van der Waals surface area contributed by atoms with Crippen LogP contribution in [0.3, 0.4) is 0 Å². The lowest BCUT2D eigenvalue weighted by atomic mass is 10.1. The maximum atomic E-state index is 6.47. The van der Waals surface area contributed by atoms with E-state index < -0.39 is 0 Å². The van der Waals surface area contributed by atoms with E-state index >= 15 is 0 Å². The highest BCUT2D eigenvalue weighted by molar-refractivity contribution is 5.98. The summed E-state index contributed by atoms with van der Waals surface area (Å²) in [6, 6.07) is 23.8. The summed E-state index contributed by atoms with van der Waals surface area (Å²) in [7, 11) is 0. The van der Waals surface area contributed by atoms with E-state index in [1.807, 2.05) is 67.6 Å². The first-order valence-electron chi connectivity index (χ1n) is 12.0. The van der Waals surface area contributed by atoms with Crippen LogP contribution in [0.4, 0.5) is 5.82 Å². The molecule has 1 atom stereocenters. The minimum atomic E-state index is -0.0778. The van der Waals surface area contributed by atoms with E-state index in [4.69, 9.17) is 25.4 Å². The van der Waals surface area contributed by atoms with Crippen molar-refractivity contribution in [2.75, 3.05) is 18.5 Å². The average molecular weight is 477 g/mol. The number of hydrogen-bond donors (Lipinski definition) is 2. The number of anilines is 1. The summed E-state index contributed by atoms with van der Waals surface area (Å²) in [5, 5.41) is 4.37. The van der Waals surface area contributed by atoms with Gasteiger partial charge in [0.25, 0.3) is 0 Å². The van der Waals surface area contributed by atoms with Gasteiger partial charge in [-0.2, -0.15) is 0 Å². The van der Waals surface area contributed by atoms with E-state index in [0.717, 1.165) is 45.7 Å². The predicted octanol–water partition coefficient (Wildman–Crippen LogP) is 5.13. The van der Waals surface area contributed by atoms with Gasteiger partial charge in [-0.1, -0.05) is 42.5 Å². The van der Waals surface area contributed by atoms with Gasteiger partial charge in [0.1, 0.15) is 17.1 Å². The van der Waals surface area contributed by atoms with Crippen LogP contribution < -0.4 is 15.8 Å². The molecule has 0 spiro atoms. The lowest BCUT2D eigenvalue weighted by Crippen LogP contribution is -2.31. The van der Waals surface area contributed by atoms with E-state index in [-0.39, 0.29) is 6.04 Å². The minimum absolute atomic E-state index is 0.0778. The fourth-order valence-electron chi connectivity index (χ4n) is 4.15. The predicted molar refractivity (Wildman–Crippen MR) is 144 cm³/mol. The summed E-state index contributed by atoms with van der Waals surface area (Å²) in [5.41, 5.74) is 11.0. The Morgan fingerprint density at radius 2 is 1.72 bits per heavy atom. The Kier molecular flexibility index (Phi) is 7.10. The number of nitrogens with zero attached hydrogens (tertiary/aromatic N) is 4. The maximum absolute atomic E-state index is 6.47. The molecule has 0 aliphatic rings. The summed E-state index contributed by atoms with van der Waals surface area (Å²) in [5.74, 6) is 2.11. The topological polar surface area (TPSA) is 98.8 Å². The van der Waals surface area contributed by atoms with Crippen LogP contribution in [0, 0.1) is 0 Å². The van der Waals surface area contributed by atoms with Crippen molar-refractivity contribution in [3.05, 3.63) is 97.0 Å². The number of ether oxygens (including phenoxy) is 1. The highest BCUT2D eigenvalue weighted by atomic mass is 16.5. The Labute approximate surface area is 210 Å². The second kappa shape index (κ2) is 10.9. The van der Waals surface area contributed by atoms with Gasteiger partial charge >= 0.3 is 0 Å². The molecule has 3 aromatic heterocycles. The number of nitrogens with two attached hydrogens (primary N) is 1. The Bertz CT molecular complexity index is 1440. The van der Waals surface area contributed by atoms with Crippen LogP contribution in [-0.2, 0) is 6.42 Å². The molecule has 0 aliphatic carbocycles. The smallest absolute Gasteiger partial charge is 0.162 e. The van der Waals surface area contributed by atoms with E-state index in [1.165, 1.54) is 5.56 Å². The summed E-state index contributed by atoms with van der Waals surface area (Å²) >= 11 is 0. The molecule has 0 radical (unpaired) electrons. The van der Waals surface area contributed by atoms with Crippen LogP contribution in [0.1, 0.15) is 12.5 Å². The zero-order valence-electron chi connectivity index (χ0n) is 20.1. The minimum Gasteiger partial charge on any atom is -0.494 e. The zero-order valence-corrected chi connectivity index (χ0v) is 20.1. The van der Waals surface area contributed by atoms with E-state index in [2.05, 4.69) is 22.4 Å². The monoisotopic (exact) mass is 476 g/mol. The highest BCUT2D eigenvalue weighted by Crippen LogP contribution is 2.32. The number of hydrogen-bond acceptors (Lipinski definition) is 7. The second-order valence-corrected chi connectivity index (χ2v) is 8.48. The van der Waals surface area contributed by atoms with Gasteiger partial charge in [-0.05, 0) is 49.2 Å². The number of pyridine rings is 2. The van der Waals surface area contributed by atoms with Crippen LogP contribution in [0.2, 0.25) is 0 Å².